The van der Waals surface area contributed by atoms with Crippen LogP contribution in [-0.2, 0) is 0 Å². The van der Waals surface area contributed by atoms with Gasteiger partial charge < -0.3 is 9.47 Å². The highest BCUT2D eigenvalue weighted by molar-refractivity contribution is 9.10. The number of benzene rings is 2. The number of carbonyl (C=O) groups excluding carboxylic acids is 2. The molecule has 2 aromatic rings. The molecule has 174 valence electrons. The molecule has 0 aliphatic carbocycles. The van der Waals surface area contributed by atoms with E-state index >= 15 is 0 Å². The summed E-state index contributed by atoms with van der Waals surface area (Å²) in [6.07, 6.45) is 5.44. The fourth-order valence-corrected chi connectivity index (χ4v) is 3.25. The van der Waals surface area contributed by atoms with Gasteiger partial charge in [-0.1, -0.05) is 56.0 Å². The van der Waals surface area contributed by atoms with Crippen LogP contribution < -0.4 is 20.3 Å². The molecular formula is C25H33BrN2O4. The number of hydrogen-bond acceptors (Lipinski definition) is 4. The molecule has 0 fully saturated rings. The minimum atomic E-state index is -0.453. The van der Waals surface area contributed by atoms with Crippen LogP contribution >= 0.6 is 15.9 Å². The van der Waals surface area contributed by atoms with Crippen LogP contribution in [0.3, 0.4) is 0 Å². The maximum Gasteiger partial charge on any atom is 0.273 e. The van der Waals surface area contributed by atoms with E-state index in [-0.39, 0.29) is 0 Å². The van der Waals surface area contributed by atoms with E-state index in [9.17, 15) is 9.59 Å². The number of halogens is 1. The third kappa shape index (κ3) is 8.91. The van der Waals surface area contributed by atoms with Gasteiger partial charge in [-0.15, -0.1) is 0 Å². The normalized spacial score (nSPS) is 10.7. The first-order chi connectivity index (χ1) is 15.4. The van der Waals surface area contributed by atoms with Crippen molar-refractivity contribution in [1.82, 2.24) is 10.9 Å². The molecule has 0 heterocycles. The summed E-state index contributed by atoms with van der Waals surface area (Å²) >= 11 is 3.37. The molecule has 0 atom stereocenters. The van der Waals surface area contributed by atoms with Gasteiger partial charge in [-0.2, -0.15) is 0 Å². The number of nitrogens with one attached hydrogen (secondary N) is 2. The fourth-order valence-electron chi connectivity index (χ4n) is 2.88. The Balaban J connectivity index is 1.88. The Morgan fingerprint density at radius 3 is 2.31 bits per heavy atom. The number of amides is 2. The van der Waals surface area contributed by atoms with Gasteiger partial charge in [0.2, 0.25) is 0 Å². The highest BCUT2D eigenvalue weighted by Gasteiger charge is 2.15. The minimum Gasteiger partial charge on any atom is -0.494 e. The summed E-state index contributed by atoms with van der Waals surface area (Å²) in [5.41, 5.74) is 5.68. The largest absolute Gasteiger partial charge is 0.494 e. The van der Waals surface area contributed by atoms with E-state index in [1.54, 1.807) is 36.4 Å². The molecule has 0 aliphatic heterocycles. The topological polar surface area (TPSA) is 76.7 Å². The van der Waals surface area contributed by atoms with Crippen LogP contribution in [0.2, 0.25) is 0 Å². The van der Waals surface area contributed by atoms with Gasteiger partial charge >= 0.3 is 0 Å². The van der Waals surface area contributed by atoms with Crippen molar-refractivity contribution in [2.45, 2.75) is 52.9 Å². The summed E-state index contributed by atoms with van der Waals surface area (Å²) in [6.45, 7) is 7.57. The lowest BCUT2D eigenvalue weighted by atomic mass is 10.1. The van der Waals surface area contributed by atoms with Gasteiger partial charge in [0.1, 0.15) is 11.5 Å². The van der Waals surface area contributed by atoms with Crippen molar-refractivity contribution >= 4 is 27.7 Å². The maximum absolute atomic E-state index is 12.7. The van der Waals surface area contributed by atoms with Gasteiger partial charge in [0, 0.05) is 10.0 Å². The highest BCUT2D eigenvalue weighted by atomic mass is 79.9. The molecule has 0 saturated heterocycles. The molecule has 32 heavy (non-hydrogen) atoms. The quantitative estimate of drug-likeness (QED) is 0.278. The molecule has 2 N–H and O–H groups in total. The van der Waals surface area contributed by atoms with Crippen LogP contribution in [0.4, 0.5) is 0 Å². The van der Waals surface area contributed by atoms with Crippen molar-refractivity contribution in [1.29, 1.82) is 0 Å². The first kappa shape index (κ1) is 25.7. The molecular weight excluding hydrogens is 472 g/mol. The second kappa shape index (κ2) is 13.8. The predicted molar refractivity (Wildman–Crippen MR) is 130 cm³/mol. The van der Waals surface area contributed by atoms with Crippen molar-refractivity contribution in [2.75, 3.05) is 13.2 Å². The Bertz CT molecular complexity index is 869. The summed E-state index contributed by atoms with van der Waals surface area (Å²) in [4.78, 5) is 25.1. The molecule has 2 aromatic carbocycles. The van der Waals surface area contributed by atoms with Crippen molar-refractivity contribution < 1.29 is 19.1 Å². The smallest absolute Gasteiger partial charge is 0.273 e. The molecule has 0 saturated carbocycles. The van der Waals surface area contributed by atoms with Gasteiger partial charge in [-0.25, -0.2) is 0 Å². The van der Waals surface area contributed by atoms with E-state index in [0.717, 1.165) is 29.5 Å². The summed E-state index contributed by atoms with van der Waals surface area (Å²) in [6, 6.07) is 12.1. The summed E-state index contributed by atoms with van der Waals surface area (Å²) < 4.78 is 12.2. The van der Waals surface area contributed by atoms with Gasteiger partial charge in [-0.3, -0.25) is 20.4 Å². The summed E-state index contributed by atoms with van der Waals surface area (Å²) in [7, 11) is 0. The molecule has 2 rings (SSSR count). The Kier molecular flexibility index (Phi) is 11.1. The van der Waals surface area contributed by atoms with Gasteiger partial charge in [0.25, 0.3) is 11.8 Å². The Hall–Kier alpha value is -2.54. The number of rotatable bonds is 12. The molecule has 2 amide bonds. The van der Waals surface area contributed by atoms with Crippen molar-refractivity contribution in [3.05, 3.63) is 58.1 Å². The lowest BCUT2D eigenvalue weighted by molar-refractivity contribution is 0.0844. The lowest BCUT2D eigenvalue weighted by Gasteiger charge is -2.14. The van der Waals surface area contributed by atoms with Crippen LogP contribution in [0, 0.1) is 5.92 Å². The number of hydrogen-bond donors (Lipinski definition) is 2. The third-order valence-electron chi connectivity index (χ3n) is 4.81. The Labute approximate surface area is 199 Å². The second-order valence-electron chi connectivity index (χ2n) is 8.01. The number of hydrazine groups is 1. The van der Waals surface area contributed by atoms with E-state index in [1.165, 1.54) is 12.8 Å². The van der Waals surface area contributed by atoms with Crippen LogP contribution in [0.25, 0.3) is 0 Å². The van der Waals surface area contributed by atoms with Gasteiger partial charge in [0.05, 0.1) is 18.8 Å². The second-order valence-corrected chi connectivity index (χ2v) is 8.93. The van der Waals surface area contributed by atoms with Crippen molar-refractivity contribution in [3.63, 3.8) is 0 Å². The molecule has 7 heteroatoms. The molecule has 0 radical (unpaired) electrons. The fraction of sp³-hybridized carbons (Fsp3) is 0.440. The zero-order valence-corrected chi connectivity index (χ0v) is 20.7. The molecule has 0 spiro atoms. The zero-order valence-electron chi connectivity index (χ0n) is 19.1. The highest BCUT2D eigenvalue weighted by Crippen LogP contribution is 2.23. The van der Waals surface area contributed by atoms with E-state index in [0.29, 0.717) is 36.0 Å². The molecule has 6 nitrogen and oxygen atoms in total. The van der Waals surface area contributed by atoms with Crippen molar-refractivity contribution in [2.24, 2.45) is 5.92 Å². The Morgan fingerprint density at radius 1 is 0.906 bits per heavy atom. The number of ether oxygens (including phenoxy) is 2. The molecule has 0 aromatic heterocycles. The van der Waals surface area contributed by atoms with E-state index in [2.05, 4.69) is 47.6 Å². The molecule has 0 bridgehead atoms. The monoisotopic (exact) mass is 504 g/mol. The van der Waals surface area contributed by atoms with E-state index in [4.69, 9.17) is 9.47 Å². The van der Waals surface area contributed by atoms with Crippen LogP contribution in [0.5, 0.6) is 11.5 Å². The number of carbonyl (C=O) groups is 2. The first-order valence-corrected chi connectivity index (χ1v) is 12.0. The summed E-state index contributed by atoms with van der Waals surface area (Å²) in [5, 5.41) is 0. The van der Waals surface area contributed by atoms with E-state index < -0.39 is 11.8 Å². The van der Waals surface area contributed by atoms with Gasteiger partial charge in [0.15, 0.2) is 0 Å². The third-order valence-corrected chi connectivity index (χ3v) is 5.30. The standard InChI is InChI=1S/C25H33BrN2O4/c1-4-5-6-7-15-31-21-11-8-19(9-12-21)24(29)27-28-25(30)22-17-20(26)10-13-23(22)32-16-14-18(2)3/h8-13,17-18H,4-7,14-16H2,1-3H3,(H,27,29)(H,28,30). The van der Waals surface area contributed by atoms with Gasteiger partial charge in [-0.05, 0) is 61.2 Å². The summed E-state index contributed by atoms with van der Waals surface area (Å²) in [5.74, 6) is 0.830. The average Bonchev–Trinajstić information content (AvgIpc) is 2.78. The SMILES string of the molecule is CCCCCCOc1ccc(C(=O)NNC(=O)c2cc(Br)ccc2OCCC(C)C)cc1. The van der Waals surface area contributed by atoms with Crippen LogP contribution in [0.1, 0.15) is 73.6 Å². The van der Waals surface area contributed by atoms with E-state index in [1.807, 2.05) is 6.07 Å². The predicted octanol–water partition coefficient (Wildman–Crippen LogP) is 5.91. The van der Waals surface area contributed by atoms with Crippen LogP contribution in [0.15, 0.2) is 46.9 Å². The minimum absolute atomic E-state index is 0.343. The van der Waals surface area contributed by atoms with Crippen molar-refractivity contribution in [3.8, 4) is 11.5 Å². The Morgan fingerprint density at radius 2 is 1.62 bits per heavy atom. The lowest BCUT2D eigenvalue weighted by Crippen LogP contribution is -2.41. The molecule has 0 aliphatic rings. The average molecular weight is 505 g/mol. The zero-order chi connectivity index (χ0) is 23.3. The first-order valence-electron chi connectivity index (χ1n) is 11.2. The number of unbranched alkanes of at least 4 members (excludes halogenated alkanes) is 3. The molecule has 0 unspecified atom stereocenters. The maximum atomic E-state index is 12.7. The van der Waals surface area contributed by atoms with Crippen LogP contribution in [-0.4, -0.2) is 25.0 Å².